The van der Waals surface area contributed by atoms with E-state index in [2.05, 4.69) is 4.98 Å². The van der Waals surface area contributed by atoms with Crippen molar-refractivity contribution >= 4 is 38.4 Å². The number of nitrogens with zero attached hydrogens (tertiary/aromatic N) is 2. The van der Waals surface area contributed by atoms with Crippen molar-refractivity contribution in [2.75, 3.05) is 7.11 Å². The van der Waals surface area contributed by atoms with E-state index in [1.165, 1.54) is 13.2 Å². The smallest absolute Gasteiger partial charge is 0.390 e. The van der Waals surface area contributed by atoms with Crippen LogP contribution in [-0.2, 0) is 10.1 Å². The van der Waals surface area contributed by atoms with Crippen LogP contribution in [-0.4, -0.2) is 20.1 Å². The Morgan fingerprint density at radius 3 is 2.44 bits per heavy atom. The maximum Gasteiger partial charge on any atom is 0.390 e. The van der Waals surface area contributed by atoms with Crippen LogP contribution in [0.2, 0.25) is 0 Å². The Kier molecular flexibility index (Phi) is 5.40. The van der Waals surface area contributed by atoms with Crippen LogP contribution in [0, 0.1) is 8.96 Å². The Morgan fingerprint density at radius 2 is 2.06 bits per heavy atom. The second kappa shape index (κ2) is 5.62. The van der Waals surface area contributed by atoms with E-state index in [-0.39, 0.29) is 32.3 Å². The van der Waals surface area contributed by atoms with Gasteiger partial charge < -0.3 is 17.1 Å². The molecule has 0 fully saturated rings. The lowest BCUT2D eigenvalue weighted by Gasteiger charge is -2.04. The molecule has 0 aromatic heterocycles. The zero-order valence-corrected chi connectivity index (χ0v) is 11.6. The van der Waals surface area contributed by atoms with Crippen molar-refractivity contribution in [3.63, 3.8) is 0 Å². The van der Waals surface area contributed by atoms with E-state index >= 15 is 0 Å². The number of hydrogen-bond acceptors (Lipinski definition) is 4. The predicted octanol–water partition coefficient (Wildman–Crippen LogP) is -0.965. The van der Waals surface area contributed by atoms with Crippen molar-refractivity contribution in [2.24, 2.45) is 0 Å². The standard InChI is InChI=1S/C7H5IN2O4S.ClH/c1-14-5-2-4(10-9)3-6(7(5)8)15(11,12)13;/h2-3H,1H3;1H. The van der Waals surface area contributed by atoms with Gasteiger partial charge in [-0.15, -0.1) is 0 Å². The van der Waals surface area contributed by atoms with Gasteiger partial charge in [0.2, 0.25) is 5.39 Å². The third-order valence-electron chi connectivity index (χ3n) is 1.60. The molecule has 1 N–H and O–H groups in total. The molecule has 6 nitrogen and oxygen atoms in total. The van der Waals surface area contributed by atoms with Gasteiger partial charge in [-0.05, 0) is 22.6 Å². The van der Waals surface area contributed by atoms with Crippen molar-refractivity contribution in [2.45, 2.75) is 4.90 Å². The molecule has 1 aromatic rings. The largest absolute Gasteiger partial charge is 1.00 e. The van der Waals surface area contributed by atoms with E-state index in [0.29, 0.717) is 0 Å². The molecule has 0 radical (unpaired) electrons. The normalized spacial score (nSPS) is 10.1. The Morgan fingerprint density at radius 1 is 1.50 bits per heavy atom. The van der Waals surface area contributed by atoms with Crippen LogP contribution in [0.5, 0.6) is 5.75 Å². The van der Waals surface area contributed by atoms with Crippen LogP contribution >= 0.6 is 22.6 Å². The van der Waals surface area contributed by atoms with E-state index in [1.54, 1.807) is 22.6 Å². The summed E-state index contributed by atoms with van der Waals surface area (Å²) in [7, 11) is -3.02. The average molecular weight is 377 g/mol. The Hall–Kier alpha value is -0.630. The van der Waals surface area contributed by atoms with Crippen LogP contribution in [0.25, 0.3) is 4.98 Å². The molecule has 1 rings (SSSR count). The summed E-state index contributed by atoms with van der Waals surface area (Å²) in [6.45, 7) is 0. The molecule has 0 aliphatic heterocycles. The minimum atomic E-state index is -4.36. The molecule has 0 saturated heterocycles. The summed E-state index contributed by atoms with van der Waals surface area (Å²) in [5.74, 6) is 0.207. The van der Waals surface area contributed by atoms with Gasteiger partial charge in [0.05, 0.1) is 22.8 Å². The van der Waals surface area contributed by atoms with Crippen molar-refractivity contribution in [3.05, 3.63) is 20.7 Å². The molecule has 0 heterocycles. The summed E-state index contributed by atoms with van der Waals surface area (Å²) >= 11 is 1.71. The van der Waals surface area contributed by atoms with Gasteiger partial charge in [-0.2, -0.15) is 8.42 Å². The van der Waals surface area contributed by atoms with Crippen LogP contribution in [0.3, 0.4) is 0 Å². The van der Waals surface area contributed by atoms with Gasteiger partial charge in [0.1, 0.15) is 10.6 Å². The highest BCUT2D eigenvalue weighted by molar-refractivity contribution is 14.1. The van der Waals surface area contributed by atoms with Crippen LogP contribution in [0.4, 0.5) is 5.69 Å². The topological polar surface area (TPSA) is 91.8 Å². The number of benzene rings is 1. The maximum atomic E-state index is 11.0. The van der Waals surface area contributed by atoms with Crippen molar-refractivity contribution in [1.82, 2.24) is 0 Å². The molecule has 16 heavy (non-hydrogen) atoms. The Balaban J connectivity index is 0.00000225. The van der Waals surface area contributed by atoms with Crippen molar-refractivity contribution < 1.29 is 30.1 Å². The van der Waals surface area contributed by atoms with Gasteiger partial charge >= 0.3 is 5.69 Å². The summed E-state index contributed by atoms with van der Waals surface area (Å²) in [5.41, 5.74) is -0.0140. The number of diazo groups is 1. The first-order chi connectivity index (χ1) is 6.90. The first kappa shape index (κ1) is 15.4. The van der Waals surface area contributed by atoms with Crippen LogP contribution < -0.4 is 17.1 Å². The third kappa shape index (κ3) is 3.18. The average Bonchev–Trinajstić information content (AvgIpc) is 2.16. The predicted molar refractivity (Wildman–Crippen MR) is 60.3 cm³/mol. The summed E-state index contributed by atoms with van der Waals surface area (Å²) in [4.78, 5) is 2.48. The molecule has 1 aromatic carbocycles. The number of ether oxygens (including phenoxy) is 1. The van der Waals surface area contributed by atoms with Gasteiger partial charge in [0, 0.05) is 0 Å². The molecule has 9 heteroatoms. The highest BCUT2D eigenvalue weighted by Crippen LogP contribution is 2.32. The molecular formula is C7H6ClIN2O4S. The highest BCUT2D eigenvalue weighted by Gasteiger charge is 2.23. The number of methoxy groups -OCH3 is 1. The van der Waals surface area contributed by atoms with Gasteiger partial charge in [-0.25, -0.2) is 0 Å². The lowest BCUT2D eigenvalue weighted by molar-refractivity contribution is -0.00000759. The molecule has 0 bridgehead atoms. The molecule has 0 saturated carbocycles. The summed E-state index contributed by atoms with van der Waals surface area (Å²) in [6.07, 6.45) is 0. The van der Waals surface area contributed by atoms with E-state index in [1.807, 2.05) is 0 Å². The van der Waals surface area contributed by atoms with Gasteiger partial charge in [0.15, 0.2) is 4.98 Å². The lowest BCUT2D eigenvalue weighted by Crippen LogP contribution is -3.00. The molecule has 0 amide bonds. The van der Waals surface area contributed by atoms with Gasteiger partial charge in [-0.1, -0.05) is 0 Å². The minimum absolute atomic E-state index is 0. The monoisotopic (exact) mass is 376 g/mol. The van der Waals surface area contributed by atoms with E-state index < -0.39 is 10.1 Å². The first-order valence-electron chi connectivity index (χ1n) is 3.60. The molecular weight excluding hydrogens is 371 g/mol. The van der Waals surface area contributed by atoms with E-state index in [0.717, 1.165) is 6.07 Å². The fourth-order valence-electron chi connectivity index (χ4n) is 0.952. The van der Waals surface area contributed by atoms with Crippen molar-refractivity contribution in [1.29, 1.82) is 5.39 Å². The summed E-state index contributed by atoms with van der Waals surface area (Å²) < 4.78 is 35.9. The SMILES string of the molecule is COc1cc([N+]#N)cc(S(=O)(=O)O)c1I.[Cl-]. The molecule has 0 atom stereocenters. The first-order valence-corrected chi connectivity index (χ1v) is 6.12. The van der Waals surface area contributed by atoms with E-state index in [4.69, 9.17) is 14.7 Å². The second-order valence-electron chi connectivity index (χ2n) is 2.54. The van der Waals surface area contributed by atoms with Gasteiger partial charge in [0.25, 0.3) is 10.1 Å². The molecule has 0 aliphatic rings. The van der Waals surface area contributed by atoms with E-state index in [9.17, 15) is 8.42 Å². The number of hydrogen-bond donors (Lipinski definition) is 1. The fraction of sp³-hybridized carbons (Fsp3) is 0.143. The third-order valence-corrected chi connectivity index (χ3v) is 3.96. The summed E-state index contributed by atoms with van der Waals surface area (Å²) in [5, 5.41) is 8.53. The molecule has 0 aliphatic carbocycles. The summed E-state index contributed by atoms with van der Waals surface area (Å²) in [6, 6.07) is 2.38. The second-order valence-corrected chi connectivity index (χ2v) is 5.00. The Labute approximate surface area is 112 Å². The Bertz CT molecular complexity index is 540. The van der Waals surface area contributed by atoms with Crippen molar-refractivity contribution in [3.8, 4) is 5.75 Å². The maximum absolute atomic E-state index is 11.0. The van der Waals surface area contributed by atoms with Crippen LogP contribution in [0.1, 0.15) is 0 Å². The fourth-order valence-corrected chi connectivity index (χ4v) is 2.92. The number of halogens is 2. The lowest BCUT2D eigenvalue weighted by atomic mass is 10.3. The molecule has 0 unspecified atom stereocenters. The zero-order valence-electron chi connectivity index (χ0n) is 7.89. The molecule has 88 valence electrons. The minimum Gasteiger partial charge on any atom is -1.00 e. The van der Waals surface area contributed by atoms with Gasteiger partial charge in [-0.3, -0.25) is 4.55 Å². The highest BCUT2D eigenvalue weighted by atomic mass is 127. The zero-order chi connectivity index (χ0) is 11.6. The number of rotatable bonds is 2. The van der Waals surface area contributed by atoms with Crippen LogP contribution in [0.15, 0.2) is 17.0 Å². The quantitative estimate of drug-likeness (QED) is 0.408. The molecule has 0 spiro atoms.